The maximum absolute atomic E-state index is 13.6. The minimum Gasteiger partial charge on any atom is -0.489 e. The van der Waals surface area contributed by atoms with Gasteiger partial charge in [-0.1, -0.05) is 12.1 Å². The Balaban J connectivity index is 2.03. The molecule has 0 aromatic heterocycles. The molecule has 102 valence electrons. The summed E-state index contributed by atoms with van der Waals surface area (Å²) in [5.74, 6) is -0.0893. The summed E-state index contributed by atoms with van der Waals surface area (Å²) < 4.78 is 19.1. The number of nitriles is 1. The molecule has 0 spiro atoms. The molecule has 0 amide bonds. The monoisotopic (exact) mass is 271 g/mol. The highest BCUT2D eigenvalue weighted by molar-refractivity contribution is 5.33. The summed E-state index contributed by atoms with van der Waals surface area (Å²) in [5.41, 5.74) is 1.72. The fourth-order valence-electron chi connectivity index (χ4n) is 1.78. The first-order chi connectivity index (χ1) is 9.60. The third kappa shape index (κ3) is 3.34. The normalized spacial score (nSPS) is 11.7. The van der Waals surface area contributed by atoms with E-state index >= 15 is 0 Å². The standard InChI is InChI=1S/C16H14FNO2/c1-11(19)15-7-6-14(8-16(15)17)20-10-13-4-2-12(9-18)3-5-13/h2-8,11,19H,10H2,1H3/t11-/m0/s1. The molecule has 0 unspecified atom stereocenters. The number of hydrogen-bond donors (Lipinski definition) is 1. The minimum atomic E-state index is -0.845. The van der Waals surface area contributed by atoms with Crippen LogP contribution in [0.3, 0.4) is 0 Å². The predicted octanol–water partition coefficient (Wildman–Crippen LogP) is 3.33. The van der Waals surface area contributed by atoms with E-state index in [-0.39, 0.29) is 5.56 Å². The second-order valence-corrected chi connectivity index (χ2v) is 4.46. The van der Waals surface area contributed by atoms with E-state index in [9.17, 15) is 9.50 Å². The van der Waals surface area contributed by atoms with Crippen LogP contribution in [0, 0.1) is 17.1 Å². The Labute approximate surface area is 116 Å². The summed E-state index contributed by atoms with van der Waals surface area (Å²) in [4.78, 5) is 0. The van der Waals surface area contributed by atoms with Crippen LogP contribution in [0.2, 0.25) is 0 Å². The Hall–Kier alpha value is -2.38. The van der Waals surface area contributed by atoms with E-state index in [4.69, 9.17) is 10.00 Å². The second kappa shape index (κ2) is 6.18. The van der Waals surface area contributed by atoms with Gasteiger partial charge in [0.25, 0.3) is 0 Å². The van der Waals surface area contributed by atoms with Gasteiger partial charge in [-0.2, -0.15) is 5.26 Å². The van der Waals surface area contributed by atoms with Gasteiger partial charge in [0.1, 0.15) is 18.2 Å². The molecule has 1 atom stereocenters. The lowest BCUT2D eigenvalue weighted by Gasteiger charge is -2.10. The van der Waals surface area contributed by atoms with Crippen LogP contribution in [0.15, 0.2) is 42.5 Å². The van der Waals surface area contributed by atoms with Gasteiger partial charge in [-0.25, -0.2) is 4.39 Å². The molecule has 2 aromatic carbocycles. The van der Waals surface area contributed by atoms with Gasteiger partial charge in [0.2, 0.25) is 0 Å². The number of rotatable bonds is 4. The lowest BCUT2D eigenvalue weighted by atomic mass is 10.1. The fraction of sp³-hybridized carbons (Fsp3) is 0.188. The van der Waals surface area contributed by atoms with Gasteiger partial charge < -0.3 is 9.84 Å². The zero-order valence-corrected chi connectivity index (χ0v) is 11.0. The Morgan fingerprint density at radius 2 is 1.95 bits per heavy atom. The zero-order valence-electron chi connectivity index (χ0n) is 11.0. The van der Waals surface area contributed by atoms with Crippen LogP contribution in [0.4, 0.5) is 4.39 Å². The smallest absolute Gasteiger partial charge is 0.132 e. The number of halogens is 1. The number of aliphatic hydroxyl groups is 1. The summed E-state index contributed by atoms with van der Waals surface area (Å²) in [6.07, 6.45) is -0.845. The first kappa shape index (κ1) is 14.0. The molecule has 0 heterocycles. The molecule has 0 aliphatic heterocycles. The third-order valence-corrected chi connectivity index (χ3v) is 2.91. The van der Waals surface area contributed by atoms with E-state index < -0.39 is 11.9 Å². The van der Waals surface area contributed by atoms with Crippen molar-refractivity contribution in [3.05, 3.63) is 65.0 Å². The topological polar surface area (TPSA) is 53.2 Å². The molecule has 20 heavy (non-hydrogen) atoms. The molecule has 0 aliphatic rings. The average Bonchev–Trinajstić information content (AvgIpc) is 2.45. The molecule has 0 fully saturated rings. The van der Waals surface area contributed by atoms with Crippen LogP contribution in [-0.4, -0.2) is 5.11 Å². The fourth-order valence-corrected chi connectivity index (χ4v) is 1.78. The second-order valence-electron chi connectivity index (χ2n) is 4.46. The van der Waals surface area contributed by atoms with Crippen LogP contribution >= 0.6 is 0 Å². The van der Waals surface area contributed by atoms with Gasteiger partial charge in [-0.15, -0.1) is 0 Å². The van der Waals surface area contributed by atoms with Gasteiger partial charge in [0.05, 0.1) is 17.7 Å². The molecular weight excluding hydrogens is 257 g/mol. The lowest BCUT2D eigenvalue weighted by molar-refractivity contribution is 0.194. The molecule has 3 nitrogen and oxygen atoms in total. The molecule has 0 radical (unpaired) electrons. The van der Waals surface area contributed by atoms with Crippen LogP contribution in [0.1, 0.15) is 29.7 Å². The maximum atomic E-state index is 13.6. The van der Waals surface area contributed by atoms with Crippen molar-refractivity contribution in [3.63, 3.8) is 0 Å². The van der Waals surface area contributed by atoms with Gasteiger partial charge in [-0.05, 0) is 36.8 Å². The van der Waals surface area contributed by atoms with E-state index in [1.165, 1.54) is 19.1 Å². The zero-order chi connectivity index (χ0) is 14.5. The van der Waals surface area contributed by atoms with Crippen molar-refractivity contribution in [1.29, 1.82) is 5.26 Å². The molecule has 2 aromatic rings. The number of ether oxygens (including phenoxy) is 1. The highest BCUT2D eigenvalue weighted by Gasteiger charge is 2.09. The molecule has 0 bridgehead atoms. The van der Waals surface area contributed by atoms with E-state index in [0.29, 0.717) is 17.9 Å². The molecule has 0 aliphatic carbocycles. The van der Waals surface area contributed by atoms with Crippen molar-refractivity contribution in [2.24, 2.45) is 0 Å². The predicted molar refractivity (Wildman–Crippen MR) is 72.5 cm³/mol. The molecule has 0 saturated carbocycles. The molecule has 2 rings (SSSR count). The molecular formula is C16H14FNO2. The van der Waals surface area contributed by atoms with E-state index in [1.807, 2.05) is 6.07 Å². The largest absolute Gasteiger partial charge is 0.489 e. The molecule has 0 saturated heterocycles. The van der Waals surface area contributed by atoms with Gasteiger partial charge in [-0.3, -0.25) is 0 Å². The highest BCUT2D eigenvalue weighted by Crippen LogP contribution is 2.22. The number of benzene rings is 2. The van der Waals surface area contributed by atoms with Gasteiger partial charge >= 0.3 is 0 Å². The summed E-state index contributed by atoms with van der Waals surface area (Å²) >= 11 is 0. The summed E-state index contributed by atoms with van der Waals surface area (Å²) in [5, 5.41) is 18.0. The summed E-state index contributed by atoms with van der Waals surface area (Å²) in [6, 6.07) is 13.4. The molecule has 1 N–H and O–H groups in total. The Kier molecular flexibility index (Phi) is 4.34. The first-order valence-electron chi connectivity index (χ1n) is 6.19. The van der Waals surface area contributed by atoms with Crippen molar-refractivity contribution < 1.29 is 14.2 Å². The number of aliphatic hydroxyl groups excluding tert-OH is 1. The quantitative estimate of drug-likeness (QED) is 0.928. The van der Waals surface area contributed by atoms with E-state index in [2.05, 4.69) is 0 Å². The van der Waals surface area contributed by atoms with Crippen molar-refractivity contribution in [2.75, 3.05) is 0 Å². The highest BCUT2D eigenvalue weighted by atomic mass is 19.1. The summed E-state index contributed by atoms with van der Waals surface area (Å²) in [7, 11) is 0. The van der Waals surface area contributed by atoms with Crippen LogP contribution < -0.4 is 4.74 Å². The van der Waals surface area contributed by atoms with Gasteiger partial charge in [0, 0.05) is 11.6 Å². The number of hydrogen-bond acceptors (Lipinski definition) is 3. The SMILES string of the molecule is C[C@H](O)c1ccc(OCc2ccc(C#N)cc2)cc1F. The van der Waals surface area contributed by atoms with Crippen molar-refractivity contribution in [2.45, 2.75) is 19.6 Å². The Morgan fingerprint density at radius 3 is 2.50 bits per heavy atom. The van der Waals surface area contributed by atoms with Crippen molar-refractivity contribution >= 4 is 0 Å². The van der Waals surface area contributed by atoms with E-state index in [0.717, 1.165) is 5.56 Å². The van der Waals surface area contributed by atoms with E-state index in [1.54, 1.807) is 30.3 Å². The Morgan fingerprint density at radius 1 is 1.25 bits per heavy atom. The first-order valence-corrected chi connectivity index (χ1v) is 6.19. The van der Waals surface area contributed by atoms with Crippen LogP contribution in [0.5, 0.6) is 5.75 Å². The van der Waals surface area contributed by atoms with Crippen LogP contribution in [-0.2, 0) is 6.61 Å². The molecule has 4 heteroatoms. The average molecular weight is 271 g/mol. The summed E-state index contributed by atoms with van der Waals surface area (Å²) in [6.45, 7) is 1.80. The van der Waals surface area contributed by atoms with Crippen molar-refractivity contribution in [1.82, 2.24) is 0 Å². The third-order valence-electron chi connectivity index (χ3n) is 2.91. The van der Waals surface area contributed by atoms with Crippen molar-refractivity contribution in [3.8, 4) is 11.8 Å². The number of nitrogens with zero attached hydrogens (tertiary/aromatic N) is 1. The van der Waals surface area contributed by atoms with Gasteiger partial charge in [0.15, 0.2) is 0 Å². The maximum Gasteiger partial charge on any atom is 0.132 e. The minimum absolute atomic E-state index is 0.246. The van der Waals surface area contributed by atoms with Crippen LogP contribution in [0.25, 0.3) is 0 Å². The Bertz CT molecular complexity index is 630. The lowest BCUT2D eigenvalue weighted by Crippen LogP contribution is -1.99.